The minimum Gasteiger partial charge on any atom is -0.337 e. The third-order valence-electron chi connectivity index (χ3n) is 2.87. The van der Waals surface area contributed by atoms with E-state index in [4.69, 9.17) is 12.2 Å². The van der Waals surface area contributed by atoms with Gasteiger partial charge in [0.25, 0.3) is 0 Å². The molecular formula is C11H10N4S2. The maximum Gasteiger partial charge on any atom is 0.174 e. The number of imidazole rings is 1. The lowest BCUT2D eigenvalue weighted by molar-refractivity contribution is 0.888. The van der Waals surface area contributed by atoms with Gasteiger partial charge in [-0.2, -0.15) is 8.75 Å². The molecule has 1 unspecified atom stereocenters. The summed E-state index contributed by atoms with van der Waals surface area (Å²) in [4.78, 5) is 6.13. The minimum absolute atomic E-state index is 0.218. The Labute approximate surface area is 107 Å². The topological polar surface area (TPSA) is 57.4 Å². The summed E-state index contributed by atoms with van der Waals surface area (Å²) in [6.07, 6.45) is 1.91. The molecule has 0 fully saturated rings. The van der Waals surface area contributed by atoms with Crippen molar-refractivity contribution < 1.29 is 0 Å². The van der Waals surface area contributed by atoms with E-state index >= 15 is 0 Å². The predicted octanol–water partition coefficient (Wildman–Crippen LogP) is 3.23. The summed E-state index contributed by atoms with van der Waals surface area (Å²) in [6.45, 7) is 2.13. The number of hydrogen-bond acceptors (Lipinski definition) is 4. The zero-order valence-electron chi connectivity index (χ0n) is 9.10. The SMILES string of the molecule is CC(c1c[nH]c(=S)[nH]1)c1cccc2nsnc12. The molecule has 6 heteroatoms. The summed E-state index contributed by atoms with van der Waals surface area (Å²) in [6, 6.07) is 6.07. The van der Waals surface area contributed by atoms with Crippen molar-refractivity contribution in [3.05, 3.63) is 40.4 Å². The highest BCUT2D eigenvalue weighted by Crippen LogP contribution is 2.28. The second-order valence-corrected chi connectivity index (χ2v) is 4.84. The third-order valence-corrected chi connectivity index (χ3v) is 3.63. The maximum absolute atomic E-state index is 5.04. The van der Waals surface area contributed by atoms with Crippen molar-refractivity contribution in [1.29, 1.82) is 0 Å². The van der Waals surface area contributed by atoms with Gasteiger partial charge in [0, 0.05) is 17.8 Å². The molecule has 0 bridgehead atoms. The first-order valence-electron chi connectivity index (χ1n) is 5.24. The predicted molar refractivity (Wildman–Crippen MR) is 70.9 cm³/mol. The van der Waals surface area contributed by atoms with Crippen LogP contribution in [0.2, 0.25) is 0 Å². The average Bonchev–Trinajstić information content (AvgIpc) is 2.95. The van der Waals surface area contributed by atoms with Gasteiger partial charge in [0.1, 0.15) is 11.0 Å². The first-order chi connectivity index (χ1) is 8.25. The molecule has 0 amide bonds. The van der Waals surface area contributed by atoms with Crippen LogP contribution in [-0.4, -0.2) is 18.7 Å². The van der Waals surface area contributed by atoms with Crippen LogP contribution < -0.4 is 0 Å². The molecule has 1 aromatic carbocycles. The molecule has 0 aliphatic carbocycles. The van der Waals surface area contributed by atoms with Gasteiger partial charge in [-0.05, 0) is 23.8 Å². The molecule has 3 aromatic rings. The molecule has 0 aliphatic heterocycles. The van der Waals surface area contributed by atoms with Gasteiger partial charge >= 0.3 is 0 Å². The highest BCUT2D eigenvalue weighted by Gasteiger charge is 2.14. The number of benzene rings is 1. The van der Waals surface area contributed by atoms with Gasteiger partial charge in [0.2, 0.25) is 0 Å². The maximum atomic E-state index is 5.04. The smallest absolute Gasteiger partial charge is 0.174 e. The van der Waals surface area contributed by atoms with Gasteiger partial charge in [-0.15, -0.1) is 0 Å². The van der Waals surface area contributed by atoms with Crippen LogP contribution in [-0.2, 0) is 0 Å². The van der Waals surface area contributed by atoms with Crippen LogP contribution in [0, 0.1) is 4.77 Å². The fourth-order valence-corrected chi connectivity index (χ4v) is 2.66. The molecule has 0 aliphatic rings. The monoisotopic (exact) mass is 262 g/mol. The van der Waals surface area contributed by atoms with Gasteiger partial charge in [-0.3, -0.25) is 0 Å². The summed E-state index contributed by atoms with van der Waals surface area (Å²) in [5.41, 5.74) is 4.16. The van der Waals surface area contributed by atoms with Crippen molar-refractivity contribution in [3.63, 3.8) is 0 Å². The third kappa shape index (κ3) is 1.79. The summed E-state index contributed by atoms with van der Waals surface area (Å²) in [7, 11) is 0. The highest BCUT2D eigenvalue weighted by molar-refractivity contribution is 7.71. The van der Waals surface area contributed by atoms with Gasteiger partial charge < -0.3 is 9.97 Å². The van der Waals surface area contributed by atoms with Gasteiger partial charge in [-0.1, -0.05) is 19.1 Å². The van der Waals surface area contributed by atoms with Crippen molar-refractivity contribution in [2.45, 2.75) is 12.8 Å². The van der Waals surface area contributed by atoms with Crippen LogP contribution in [0.1, 0.15) is 24.1 Å². The molecule has 3 rings (SSSR count). The Morgan fingerprint density at radius 2 is 2.24 bits per heavy atom. The summed E-state index contributed by atoms with van der Waals surface area (Å²) in [5.74, 6) is 0.218. The lowest BCUT2D eigenvalue weighted by atomic mass is 9.97. The highest BCUT2D eigenvalue weighted by atomic mass is 32.1. The first kappa shape index (κ1) is 10.6. The fourth-order valence-electron chi connectivity index (χ4n) is 1.92. The van der Waals surface area contributed by atoms with Crippen LogP contribution in [0.4, 0.5) is 0 Å². The molecule has 2 heterocycles. The summed E-state index contributed by atoms with van der Waals surface area (Å²) in [5, 5.41) is 0. The lowest BCUT2D eigenvalue weighted by Crippen LogP contribution is -1.97. The molecule has 4 nitrogen and oxygen atoms in total. The Kier molecular flexibility index (Phi) is 2.53. The summed E-state index contributed by atoms with van der Waals surface area (Å²) < 4.78 is 9.25. The number of H-pyrrole nitrogens is 2. The van der Waals surface area contributed by atoms with Gasteiger partial charge in [0.15, 0.2) is 4.77 Å². The Morgan fingerprint density at radius 1 is 1.35 bits per heavy atom. The quantitative estimate of drug-likeness (QED) is 0.697. The van der Waals surface area contributed by atoms with Gasteiger partial charge in [-0.25, -0.2) is 0 Å². The first-order valence-corrected chi connectivity index (χ1v) is 6.38. The number of hydrogen-bond donors (Lipinski definition) is 2. The Hall–Kier alpha value is -1.53. The number of aromatic amines is 2. The number of nitrogens with zero attached hydrogens (tertiary/aromatic N) is 2. The molecular weight excluding hydrogens is 252 g/mol. The van der Waals surface area contributed by atoms with E-state index in [9.17, 15) is 0 Å². The van der Waals surface area contributed by atoms with Crippen LogP contribution in [0.15, 0.2) is 24.4 Å². The lowest BCUT2D eigenvalue weighted by Gasteiger charge is -2.09. The van der Waals surface area contributed by atoms with Crippen molar-refractivity contribution in [1.82, 2.24) is 18.7 Å². The number of nitrogens with one attached hydrogen (secondary N) is 2. The van der Waals surface area contributed by atoms with Gasteiger partial charge in [0.05, 0.1) is 11.7 Å². The minimum atomic E-state index is 0.218. The van der Waals surface area contributed by atoms with E-state index < -0.39 is 0 Å². The van der Waals surface area contributed by atoms with E-state index in [1.54, 1.807) is 0 Å². The number of rotatable bonds is 2. The molecule has 0 saturated heterocycles. The Bertz CT molecular complexity index is 709. The normalized spacial score (nSPS) is 13.0. The molecule has 0 spiro atoms. The van der Waals surface area contributed by atoms with Crippen molar-refractivity contribution in [2.24, 2.45) is 0 Å². The van der Waals surface area contributed by atoms with Crippen LogP contribution in [0.5, 0.6) is 0 Å². The van der Waals surface area contributed by atoms with E-state index in [1.165, 1.54) is 17.3 Å². The standard InChI is InChI=1S/C11H10N4S2/c1-6(9-5-12-11(16)13-9)7-3-2-4-8-10(7)15-17-14-8/h2-6H,1H3,(H2,12,13,16). The van der Waals surface area contributed by atoms with Crippen LogP contribution in [0.25, 0.3) is 11.0 Å². The van der Waals surface area contributed by atoms with E-state index in [-0.39, 0.29) is 5.92 Å². The van der Waals surface area contributed by atoms with E-state index in [2.05, 4.69) is 31.7 Å². The van der Waals surface area contributed by atoms with Crippen molar-refractivity contribution in [3.8, 4) is 0 Å². The van der Waals surface area contributed by atoms with E-state index in [0.717, 1.165) is 16.7 Å². The molecule has 86 valence electrons. The summed E-state index contributed by atoms with van der Waals surface area (Å²) >= 11 is 6.29. The van der Waals surface area contributed by atoms with E-state index in [1.807, 2.05) is 18.3 Å². The fraction of sp³-hybridized carbons (Fsp3) is 0.182. The van der Waals surface area contributed by atoms with Crippen molar-refractivity contribution in [2.75, 3.05) is 0 Å². The average molecular weight is 262 g/mol. The number of aromatic nitrogens is 4. The zero-order chi connectivity index (χ0) is 11.8. The molecule has 2 N–H and O–H groups in total. The molecule has 2 aromatic heterocycles. The molecule has 0 saturated carbocycles. The van der Waals surface area contributed by atoms with Crippen LogP contribution in [0.3, 0.4) is 0 Å². The second-order valence-electron chi connectivity index (χ2n) is 3.90. The molecule has 0 radical (unpaired) electrons. The second kappa shape index (κ2) is 4.05. The van der Waals surface area contributed by atoms with Crippen LogP contribution >= 0.6 is 23.9 Å². The Balaban J connectivity index is 2.15. The molecule has 1 atom stereocenters. The molecule has 17 heavy (non-hydrogen) atoms. The zero-order valence-corrected chi connectivity index (χ0v) is 10.7. The Morgan fingerprint density at radius 3 is 3.00 bits per heavy atom. The number of fused-ring (bicyclic) bond motifs is 1. The largest absolute Gasteiger partial charge is 0.337 e. The van der Waals surface area contributed by atoms with Crippen molar-refractivity contribution >= 4 is 35.0 Å². The van der Waals surface area contributed by atoms with E-state index in [0.29, 0.717) is 4.77 Å².